The molecule has 1 aliphatic heterocycles. The molecule has 1 aliphatic rings. The van der Waals surface area contributed by atoms with Crippen molar-refractivity contribution in [3.63, 3.8) is 0 Å². The van der Waals surface area contributed by atoms with Gasteiger partial charge in [-0.2, -0.15) is 0 Å². The van der Waals surface area contributed by atoms with Crippen molar-refractivity contribution in [2.24, 2.45) is 4.99 Å². The summed E-state index contributed by atoms with van der Waals surface area (Å²) in [6, 6.07) is 10.1. The molecule has 25 heavy (non-hydrogen) atoms. The molecule has 0 bridgehead atoms. The van der Waals surface area contributed by atoms with E-state index in [0.717, 1.165) is 61.8 Å². The Labute approximate surface area is 166 Å². The summed E-state index contributed by atoms with van der Waals surface area (Å²) in [7, 11) is 0. The first kappa shape index (κ1) is 20.0. The first-order valence-electron chi connectivity index (χ1n) is 8.92. The van der Waals surface area contributed by atoms with Crippen molar-refractivity contribution in [1.29, 1.82) is 0 Å². The van der Waals surface area contributed by atoms with E-state index < -0.39 is 0 Å². The van der Waals surface area contributed by atoms with Crippen LogP contribution in [0.15, 0.2) is 39.7 Å². The van der Waals surface area contributed by atoms with Gasteiger partial charge in [0, 0.05) is 31.6 Å². The minimum absolute atomic E-state index is 0. The standard InChI is InChI=1S/C19H27N3O2.HI/c1-3-20-19(22-11-9-16(10-12-22)23-4-2)21-14-17-13-15-7-5-6-8-18(15)24-17;/h5-8,13,16H,3-4,9-12,14H2,1-2H3,(H,20,21);1H. The highest BCUT2D eigenvalue weighted by Gasteiger charge is 2.21. The molecular formula is C19H28IN3O2. The highest BCUT2D eigenvalue weighted by atomic mass is 127. The van der Waals surface area contributed by atoms with Crippen LogP contribution in [-0.2, 0) is 11.3 Å². The summed E-state index contributed by atoms with van der Waals surface area (Å²) < 4.78 is 11.6. The van der Waals surface area contributed by atoms with E-state index in [-0.39, 0.29) is 24.0 Å². The molecule has 5 nitrogen and oxygen atoms in total. The number of rotatable bonds is 5. The molecule has 2 heterocycles. The van der Waals surface area contributed by atoms with Crippen LogP contribution < -0.4 is 5.32 Å². The van der Waals surface area contributed by atoms with Gasteiger partial charge in [0.15, 0.2) is 5.96 Å². The summed E-state index contributed by atoms with van der Waals surface area (Å²) in [5.74, 6) is 1.86. The van der Waals surface area contributed by atoms with Gasteiger partial charge in [-0.05, 0) is 38.8 Å². The smallest absolute Gasteiger partial charge is 0.194 e. The van der Waals surface area contributed by atoms with Crippen molar-refractivity contribution in [2.45, 2.75) is 39.3 Å². The van der Waals surface area contributed by atoms with Crippen LogP contribution in [-0.4, -0.2) is 43.2 Å². The Morgan fingerprint density at radius 2 is 2.04 bits per heavy atom. The van der Waals surface area contributed by atoms with Crippen molar-refractivity contribution in [1.82, 2.24) is 10.2 Å². The Bertz CT molecular complexity index is 645. The average Bonchev–Trinajstić information content (AvgIpc) is 3.02. The lowest BCUT2D eigenvalue weighted by atomic mass is 10.1. The zero-order valence-corrected chi connectivity index (χ0v) is 17.4. The van der Waals surface area contributed by atoms with E-state index >= 15 is 0 Å². The molecule has 1 aromatic carbocycles. The number of ether oxygens (including phenoxy) is 1. The van der Waals surface area contributed by atoms with Gasteiger partial charge in [0.2, 0.25) is 0 Å². The Balaban J connectivity index is 0.00000225. The summed E-state index contributed by atoms with van der Waals surface area (Å²) in [5.41, 5.74) is 0.922. The van der Waals surface area contributed by atoms with Crippen molar-refractivity contribution in [2.75, 3.05) is 26.2 Å². The van der Waals surface area contributed by atoms with Crippen LogP contribution in [0.1, 0.15) is 32.4 Å². The van der Waals surface area contributed by atoms with Gasteiger partial charge in [-0.3, -0.25) is 0 Å². The molecule has 2 aromatic rings. The first-order valence-corrected chi connectivity index (χ1v) is 8.92. The number of hydrogen-bond donors (Lipinski definition) is 1. The van der Waals surface area contributed by atoms with Crippen LogP contribution in [0.5, 0.6) is 0 Å². The van der Waals surface area contributed by atoms with Crippen LogP contribution >= 0.6 is 24.0 Å². The maximum Gasteiger partial charge on any atom is 0.194 e. The van der Waals surface area contributed by atoms with Gasteiger partial charge in [-0.25, -0.2) is 4.99 Å². The van der Waals surface area contributed by atoms with E-state index in [2.05, 4.69) is 36.2 Å². The molecule has 138 valence electrons. The lowest BCUT2D eigenvalue weighted by Gasteiger charge is -2.34. The predicted octanol–water partition coefficient (Wildman–Crippen LogP) is 4.02. The third-order valence-corrected chi connectivity index (χ3v) is 4.34. The number of halogens is 1. The zero-order valence-electron chi connectivity index (χ0n) is 15.0. The number of nitrogens with zero attached hydrogens (tertiary/aromatic N) is 2. The maximum absolute atomic E-state index is 5.86. The molecule has 1 saturated heterocycles. The predicted molar refractivity (Wildman–Crippen MR) is 113 cm³/mol. The van der Waals surface area contributed by atoms with E-state index in [0.29, 0.717) is 12.6 Å². The van der Waals surface area contributed by atoms with Gasteiger partial charge >= 0.3 is 0 Å². The third kappa shape index (κ3) is 5.34. The van der Waals surface area contributed by atoms with E-state index in [4.69, 9.17) is 14.1 Å². The van der Waals surface area contributed by atoms with Crippen LogP contribution in [0.25, 0.3) is 11.0 Å². The molecule has 0 amide bonds. The lowest BCUT2D eigenvalue weighted by Crippen LogP contribution is -2.47. The summed E-state index contributed by atoms with van der Waals surface area (Å²) in [5, 5.41) is 4.53. The molecule has 1 fully saturated rings. The molecule has 3 rings (SSSR count). The summed E-state index contributed by atoms with van der Waals surface area (Å²) >= 11 is 0. The number of hydrogen-bond acceptors (Lipinski definition) is 3. The summed E-state index contributed by atoms with van der Waals surface area (Å²) in [6.07, 6.45) is 2.51. The van der Waals surface area contributed by atoms with Gasteiger partial charge in [-0.15, -0.1) is 24.0 Å². The number of para-hydroxylation sites is 1. The molecule has 0 atom stereocenters. The van der Waals surface area contributed by atoms with E-state index in [9.17, 15) is 0 Å². The Kier molecular flexibility index (Phi) is 8.02. The van der Waals surface area contributed by atoms with Gasteiger partial charge in [0.05, 0.1) is 6.10 Å². The Morgan fingerprint density at radius 3 is 2.72 bits per heavy atom. The topological polar surface area (TPSA) is 50.0 Å². The van der Waals surface area contributed by atoms with Crippen molar-refractivity contribution < 1.29 is 9.15 Å². The van der Waals surface area contributed by atoms with Crippen molar-refractivity contribution in [3.8, 4) is 0 Å². The van der Waals surface area contributed by atoms with Crippen LogP contribution in [0.2, 0.25) is 0 Å². The van der Waals surface area contributed by atoms with Crippen LogP contribution in [0, 0.1) is 0 Å². The number of benzene rings is 1. The molecular weight excluding hydrogens is 429 g/mol. The van der Waals surface area contributed by atoms with E-state index in [1.807, 2.05) is 18.2 Å². The molecule has 6 heteroatoms. The fourth-order valence-corrected chi connectivity index (χ4v) is 3.16. The maximum atomic E-state index is 5.86. The van der Waals surface area contributed by atoms with Crippen molar-refractivity contribution in [3.05, 3.63) is 36.1 Å². The third-order valence-electron chi connectivity index (χ3n) is 4.34. The Morgan fingerprint density at radius 1 is 1.28 bits per heavy atom. The molecule has 1 aromatic heterocycles. The second kappa shape index (κ2) is 10.0. The van der Waals surface area contributed by atoms with E-state index in [1.165, 1.54) is 0 Å². The second-order valence-electron chi connectivity index (χ2n) is 6.06. The van der Waals surface area contributed by atoms with Gasteiger partial charge < -0.3 is 19.4 Å². The number of aliphatic imine (C=N–C) groups is 1. The fraction of sp³-hybridized carbons (Fsp3) is 0.526. The normalized spacial score (nSPS) is 16.1. The fourth-order valence-electron chi connectivity index (χ4n) is 3.16. The molecule has 1 N–H and O–H groups in total. The van der Waals surface area contributed by atoms with E-state index in [1.54, 1.807) is 0 Å². The molecule has 0 radical (unpaired) electrons. The minimum atomic E-state index is 0. The zero-order chi connectivity index (χ0) is 16.8. The molecule has 0 unspecified atom stereocenters. The quantitative estimate of drug-likeness (QED) is 0.419. The van der Waals surface area contributed by atoms with Crippen LogP contribution in [0.3, 0.4) is 0 Å². The number of fused-ring (bicyclic) bond motifs is 1. The van der Waals surface area contributed by atoms with Crippen molar-refractivity contribution >= 4 is 40.9 Å². The monoisotopic (exact) mass is 457 g/mol. The number of likely N-dealkylation sites (tertiary alicyclic amines) is 1. The summed E-state index contributed by atoms with van der Waals surface area (Å²) in [4.78, 5) is 7.09. The highest BCUT2D eigenvalue weighted by molar-refractivity contribution is 14.0. The molecule has 0 saturated carbocycles. The number of piperidine rings is 1. The SMILES string of the molecule is CCNC(=NCc1cc2ccccc2o1)N1CCC(OCC)CC1.I. The second-order valence-corrected chi connectivity index (χ2v) is 6.06. The average molecular weight is 457 g/mol. The van der Waals surface area contributed by atoms with Gasteiger partial charge in [-0.1, -0.05) is 18.2 Å². The molecule has 0 spiro atoms. The van der Waals surface area contributed by atoms with Crippen LogP contribution in [0.4, 0.5) is 0 Å². The Hall–Kier alpha value is -1.28. The minimum Gasteiger partial charge on any atom is -0.459 e. The highest BCUT2D eigenvalue weighted by Crippen LogP contribution is 2.20. The number of guanidine groups is 1. The summed E-state index contributed by atoms with van der Waals surface area (Å²) in [6.45, 7) is 8.35. The molecule has 0 aliphatic carbocycles. The largest absolute Gasteiger partial charge is 0.459 e. The first-order chi connectivity index (χ1) is 11.8. The van der Waals surface area contributed by atoms with Gasteiger partial charge in [0.25, 0.3) is 0 Å². The number of furan rings is 1. The van der Waals surface area contributed by atoms with Gasteiger partial charge in [0.1, 0.15) is 17.9 Å². The lowest BCUT2D eigenvalue weighted by molar-refractivity contribution is 0.0263. The number of nitrogens with one attached hydrogen (secondary N) is 1.